The Morgan fingerprint density at radius 3 is 2.76 bits per heavy atom. The van der Waals surface area contributed by atoms with Crippen molar-refractivity contribution < 1.29 is 9.13 Å². The van der Waals surface area contributed by atoms with E-state index in [2.05, 4.69) is 4.98 Å². The Bertz CT molecular complexity index is 520. The van der Waals surface area contributed by atoms with Gasteiger partial charge in [0.05, 0.1) is 12.3 Å². The minimum Gasteiger partial charge on any atom is -0.491 e. The number of hydrogen-bond acceptors (Lipinski definition) is 4. The van der Waals surface area contributed by atoms with Gasteiger partial charge in [-0.25, -0.2) is 9.37 Å². The zero-order chi connectivity index (χ0) is 12.4. The zero-order valence-corrected chi connectivity index (χ0v) is 10.5. The van der Waals surface area contributed by atoms with Crippen molar-refractivity contribution in [1.82, 2.24) is 4.98 Å². The van der Waals surface area contributed by atoms with Gasteiger partial charge in [0, 0.05) is 5.56 Å². The molecule has 0 unspecified atom stereocenters. The summed E-state index contributed by atoms with van der Waals surface area (Å²) in [6, 6.07) is 4.82. The van der Waals surface area contributed by atoms with Crippen LogP contribution in [0.5, 0.6) is 5.75 Å². The van der Waals surface area contributed by atoms with Crippen LogP contribution >= 0.6 is 11.3 Å². The van der Waals surface area contributed by atoms with Gasteiger partial charge in [-0.15, -0.1) is 0 Å². The molecule has 1 aromatic heterocycles. The van der Waals surface area contributed by atoms with Crippen LogP contribution in [0.3, 0.4) is 0 Å². The molecular formula is C12H13FN2OS. The third-order valence-electron chi connectivity index (χ3n) is 2.31. The number of rotatable bonds is 3. The second-order valence-electron chi connectivity index (χ2n) is 3.55. The lowest BCUT2D eigenvalue weighted by Crippen LogP contribution is -1.94. The first kappa shape index (κ1) is 11.9. The number of hydrogen-bond donors (Lipinski definition) is 1. The molecule has 0 atom stereocenters. The van der Waals surface area contributed by atoms with Crippen molar-refractivity contribution in [2.75, 3.05) is 12.3 Å². The molecule has 2 aromatic rings. The van der Waals surface area contributed by atoms with Crippen LogP contribution in [0.15, 0.2) is 18.2 Å². The van der Waals surface area contributed by atoms with Gasteiger partial charge in [-0.3, -0.25) is 0 Å². The van der Waals surface area contributed by atoms with Crippen molar-refractivity contribution in [3.8, 4) is 16.3 Å². The standard InChI is InChI=1S/C12H13FN2OS/c1-3-16-10-5-4-8(6-9(10)13)12-15-7(2)11(14)17-12/h4-6H,3,14H2,1-2H3. The van der Waals surface area contributed by atoms with E-state index in [9.17, 15) is 4.39 Å². The number of aromatic nitrogens is 1. The smallest absolute Gasteiger partial charge is 0.165 e. The zero-order valence-electron chi connectivity index (χ0n) is 9.66. The minimum atomic E-state index is -0.379. The minimum absolute atomic E-state index is 0.262. The molecule has 5 heteroatoms. The van der Waals surface area contributed by atoms with Crippen LogP contribution in [-0.2, 0) is 0 Å². The summed E-state index contributed by atoms with van der Waals surface area (Å²) in [4.78, 5) is 4.28. The first-order valence-electron chi connectivity index (χ1n) is 5.27. The number of ether oxygens (including phenoxy) is 1. The molecule has 2 N–H and O–H groups in total. The lowest BCUT2D eigenvalue weighted by molar-refractivity contribution is 0.321. The van der Waals surface area contributed by atoms with Gasteiger partial charge in [-0.05, 0) is 32.0 Å². The number of benzene rings is 1. The lowest BCUT2D eigenvalue weighted by Gasteiger charge is -2.05. The van der Waals surface area contributed by atoms with Crippen LogP contribution in [0, 0.1) is 12.7 Å². The highest BCUT2D eigenvalue weighted by Gasteiger charge is 2.10. The van der Waals surface area contributed by atoms with Crippen LogP contribution in [0.2, 0.25) is 0 Å². The van der Waals surface area contributed by atoms with Crippen molar-refractivity contribution >= 4 is 16.3 Å². The number of thiazole rings is 1. The molecule has 0 amide bonds. The van der Waals surface area contributed by atoms with E-state index < -0.39 is 0 Å². The maximum atomic E-state index is 13.7. The van der Waals surface area contributed by atoms with Crippen LogP contribution in [0.1, 0.15) is 12.6 Å². The first-order chi connectivity index (χ1) is 8.11. The highest BCUT2D eigenvalue weighted by atomic mass is 32.1. The largest absolute Gasteiger partial charge is 0.491 e. The molecule has 1 aromatic carbocycles. The van der Waals surface area contributed by atoms with Crippen molar-refractivity contribution in [2.24, 2.45) is 0 Å². The van der Waals surface area contributed by atoms with Crippen molar-refractivity contribution in [2.45, 2.75) is 13.8 Å². The Morgan fingerprint density at radius 2 is 2.24 bits per heavy atom. The van der Waals surface area contributed by atoms with Gasteiger partial charge in [0.2, 0.25) is 0 Å². The van der Waals surface area contributed by atoms with E-state index in [1.165, 1.54) is 17.4 Å². The molecule has 17 heavy (non-hydrogen) atoms. The van der Waals surface area contributed by atoms with Crippen molar-refractivity contribution in [3.63, 3.8) is 0 Å². The van der Waals surface area contributed by atoms with Crippen molar-refractivity contribution in [1.29, 1.82) is 0 Å². The highest BCUT2D eigenvalue weighted by molar-refractivity contribution is 7.18. The fourth-order valence-electron chi connectivity index (χ4n) is 1.44. The van der Waals surface area contributed by atoms with E-state index in [0.717, 1.165) is 16.3 Å². The van der Waals surface area contributed by atoms with Crippen molar-refractivity contribution in [3.05, 3.63) is 29.7 Å². The predicted molar refractivity (Wildman–Crippen MR) is 67.8 cm³/mol. The molecule has 0 aliphatic carbocycles. The summed E-state index contributed by atoms with van der Waals surface area (Å²) < 4.78 is 18.8. The molecule has 0 aliphatic heterocycles. The average Bonchev–Trinajstić information content (AvgIpc) is 2.62. The van der Waals surface area contributed by atoms with Gasteiger partial charge in [0.25, 0.3) is 0 Å². The summed E-state index contributed by atoms with van der Waals surface area (Å²) in [5.41, 5.74) is 7.23. The molecular weight excluding hydrogens is 239 g/mol. The second kappa shape index (κ2) is 4.71. The van der Waals surface area contributed by atoms with Gasteiger partial charge < -0.3 is 10.5 Å². The normalized spacial score (nSPS) is 10.5. The molecule has 90 valence electrons. The molecule has 3 nitrogen and oxygen atoms in total. The van der Waals surface area contributed by atoms with Crippen LogP contribution in [-0.4, -0.2) is 11.6 Å². The fraction of sp³-hybridized carbons (Fsp3) is 0.250. The monoisotopic (exact) mass is 252 g/mol. The Morgan fingerprint density at radius 1 is 1.47 bits per heavy atom. The summed E-state index contributed by atoms with van der Waals surface area (Å²) in [6.07, 6.45) is 0. The van der Waals surface area contributed by atoms with Gasteiger partial charge >= 0.3 is 0 Å². The topological polar surface area (TPSA) is 48.1 Å². The highest BCUT2D eigenvalue weighted by Crippen LogP contribution is 2.31. The van der Waals surface area contributed by atoms with Crippen LogP contribution in [0.4, 0.5) is 9.39 Å². The molecule has 0 aliphatic rings. The Balaban J connectivity index is 2.37. The molecule has 1 heterocycles. The van der Waals surface area contributed by atoms with E-state index in [4.69, 9.17) is 10.5 Å². The molecule has 0 fully saturated rings. The summed E-state index contributed by atoms with van der Waals surface area (Å²) in [7, 11) is 0. The van der Waals surface area contributed by atoms with Gasteiger partial charge in [0.15, 0.2) is 11.6 Å². The van der Waals surface area contributed by atoms with Gasteiger partial charge in [-0.2, -0.15) is 0 Å². The van der Waals surface area contributed by atoms with Crippen LogP contribution < -0.4 is 10.5 Å². The number of anilines is 1. The number of halogens is 1. The van der Waals surface area contributed by atoms with E-state index in [1.807, 2.05) is 13.8 Å². The molecule has 0 saturated carbocycles. The van der Waals surface area contributed by atoms with E-state index in [1.54, 1.807) is 12.1 Å². The lowest BCUT2D eigenvalue weighted by atomic mass is 10.2. The van der Waals surface area contributed by atoms with E-state index in [0.29, 0.717) is 11.6 Å². The molecule has 0 bridgehead atoms. The summed E-state index contributed by atoms with van der Waals surface area (Å²) in [6.45, 7) is 4.10. The van der Waals surface area contributed by atoms with Gasteiger partial charge in [-0.1, -0.05) is 11.3 Å². The van der Waals surface area contributed by atoms with Gasteiger partial charge in [0.1, 0.15) is 10.0 Å². The van der Waals surface area contributed by atoms with Crippen LogP contribution in [0.25, 0.3) is 10.6 Å². The third kappa shape index (κ3) is 2.39. The SMILES string of the molecule is CCOc1ccc(-c2nc(C)c(N)s2)cc1F. The molecule has 0 spiro atoms. The third-order valence-corrected chi connectivity index (χ3v) is 3.35. The number of nitrogens with two attached hydrogens (primary N) is 1. The molecule has 0 radical (unpaired) electrons. The number of nitrogen functional groups attached to an aromatic ring is 1. The summed E-state index contributed by atoms with van der Waals surface area (Å²) in [5, 5.41) is 1.39. The molecule has 2 rings (SSSR count). The Labute approximate surface area is 103 Å². The number of aryl methyl sites for hydroxylation is 1. The molecule has 0 saturated heterocycles. The van der Waals surface area contributed by atoms with E-state index >= 15 is 0 Å². The fourth-order valence-corrected chi connectivity index (χ4v) is 2.27. The average molecular weight is 252 g/mol. The summed E-state index contributed by atoms with van der Waals surface area (Å²) in [5.74, 6) is -0.117. The van der Waals surface area contributed by atoms with E-state index in [-0.39, 0.29) is 11.6 Å². The first-order valence-corrected chi connectivity index (χ1v) is 6.09. The maximum absolute atomic E-state index is 13.7. The predicted octanol–water partition coefficient (Wildman–Crippen LogP) is 3.24. The summed E-state index contributed by atoms with van der Waals surface area (Å²) >= 11 is 1.35. The quantitative estimate of drug-likeness (QED) is 0.912. The Kier molecular flexibility index (Phi) is 3.28. The maximum Gasteiger partial charge on any atom is 0.165 e. The Hall–Kier alpha value is -1.62. The second-order valence-corrected chi connectivity index (χ2v) is 4.58. The number of nitrogens with zero attached hydrogens (tertiary/aromatic N) is 1.